The SMILES string of the molecule is COCC(C)Nc1ccccc1C(N)=S. The molecule has 1 aromatic carbocycles. The van der Waals surface area contributed by atoms with Gasteiger partial charge in [-0.1, -0.05) is 24.4 Å². The van der Waals surface area contributed by atoms with E-state index in [4.69, 9.17) is 22.7 Å². The highest BCUT2D eigenvalue weighted by molar-refractivity contribution is 7.80. The summed E-state index contributed by atoms with van der Waals surface area (Å²) in [5, 5.41) is 3.30. The monoisotopic (exact) mass is 224 g/mol. The lowest BCUT2D eigenvalue weighted by molar-refractivity contribution is 0.190. The van der Waals surface area contributed by atoms with Crippen molar-refractivity contribution in [3.05, 3.63) is 29.8 Å². The summed E-state index contributed by atoms with van der Waals surface area (Å²) >= 11 is 4.97. The summed E-state index contributed by atoms with van der Waals surface area (Å²) in [6, 6.07) is 7.96. The van der Waals surface area contributed by atoms with E-state index in [2.05, 4.69) is 5.32 Å². The molecule has 0 heterocycles. The van der Waals surface area contributed by atoms with Crippen LogP contribution < -0.4 is 11.1 Å². The zero-order valence-electron chi connectivity index (χ0n) is 8.99. The van der Waals surface area contributed by atoms with E-state index in [1.807, 2.05) is 31.2 Å². The average Bonchev–Trinajstić information content (AvgIpc) is 2.18. The summed E-state index contributed by atoms with van der Waals surface area (Å²) in [7, 11) is 1.68. The molecule has 0 amide bonds. The number of anilines is 1. The van der Waals surface area contributed by atoms with Gasteiger partial charge >= 0.3 is 0 Å². The van der Waals surface area contributed by atoms with Crippen molar-refractivity contribution < 1.29 is 4.74 Å². The van der Waals surface area contributed by atoms with Crippen LogP contribution in [0, 0.1) is 0 Å². The van der Waals surface area contributed by atoms with Gasteiger partial charge in [0.2, 0.25) is 0 Å². The van der Waals surface area contributed by atoms with Gasteiger partial charge in [-0.05, 0) is 19.1 Å². The molecule has 1 aromatic rings. The smallest absolute Gasteiger partial charge is 0.106 e. The molecule has 0 bridgehead atoms. The van der Waals surface area contributed by atoms with Crippen LogP contribution in [0.4, 0.5) is 5.69 Å². The van der Waals surface area contributed by atoms with E-state index < -0.39 is 0 Å². The highest BCUT2D eigenvalue weighted by Crippen LogP contribution is 2.15. The second-order valence-corrected chi connectivity index (χ2v) is 3.85. The van der Waals surface area contributed by atoms with Gasteiger partial charge in [-0.25, -0.2) is 0 Å². The highest BCUT2D eigenvalue weighted by Gasteiger charge is 2.06. The number of para-hydroxylation sites is 1. The maximum absolute atomic E-state index is 5.62. The van der Waals surface area contributed by atoms with Gasteiger partial charge < -0.3 is 15.8 Å². The average molecular weight is 224 g/mol. The molecule has 15 heavy (non-hydrogen) atoms. The summed E-state index contributed by atoms with van der Waals surface area (Å²) in [6.45, 7) is 2.69. The van der Waals surface area contributed by atoms with E-state index >= 15 is 0 Å². The molecule has 1 rings (SSSR count). The molecule has 3 nitrogen and oxygen atoms in total. The summed E-state index contributed by atoms with van der Waals surface area (Å²) in [6.07, 6.45) is 0. The minimum atomic E-state index is 0.227. The van der Waals surface area contributed by atoms with E-state index in [1.54, 1.807) is 7.11 Å². The van der Waals surface area contributed by atoms with Gasteiger partial charge in [0, 0.05) is 24.4 Å². The summed E-state index contributed by atoms with van der Waals surface area (Å²) in [5.41, 5.74) is 7.45. The molecule has 0 aliphatic carbocycles. The van der Waals surface area contributed by atoms with E-state index in [0.29, 0.717) is 11.6 Å². The Labute approximate surface area is 95.6 Å². The number of rotatable bonds is 5. The second kappa shape index (κ2) is 5.68. The Morgan fingerprint density at radius 2 is 2.20 bits per heavy atom. The Kier molecular flexibility index (Phi) is 4.52. The summed E-state index contributed by atoms with van der Waals surface area (Å²) in [5.74, 6) is 0. The molecule has 0 radical (unpaired) electrons. The summed E-state index contributed by atoms with van der Waals surface area (Å²) in [4.78, 5) is 0.405. The number of ether oxygens (including phenoxy) is 1. The molecule has 0 saturated carbocycles. The minimum absolute atomic E-state index is 0.227. The highest BCUT2D eigenvalue weighted by atomic mass is 32.1. The van der Waals surface area contributed by atoms with Crippen molar-refractivity contribution in [2.75, 3.05) is 19.0 Å². The molecule has 1 unspecified atom stereocenters. The lowest BCUT2D eigenvalue weighted by Crippen LogP contribution is -2.23. The fourth-order valence-electron chi connectivity index (χ4n) is 1.38. The molecule has 0 saturated heterocycles. The number of thiocarbonyl (C=S) groups is 1. The fraction of sp³-hybridized carbons (Fsp3) is 0.364. The van der Waals surface area contributed by atoms with E-state index in [-0.39, 0.29) is 6.04 Å². The molecule has 0 aliphatic rings. The molecule has 1 atom stereocenters. The molecular formula is C11H16N2OS. The first-order valence-corrected chi connectivity index (χ1v) is 5.20. The van der Waals surface area contributed by atoms with Crippen LogP contribution in [-0.4, -0.2) is 24.7 Å². The fourth-order valence-corrected chi connectivity index (χ4v) is 1.56. The van der Waals surface area contributed by atoms with Crippen molar-refractivity contribution in [2.45, 2.75) is 13.0 Å². The van der Waals surface area contributed by atoms with Crippen molar-refractivity contribution >= 4 is 22.9 Å². The number of hydrogen-bond acceptors (Lipinski definition) is 3. The van der Waals surface area contributed by atoms with Gasteiger partial charge in [0.1, 0.15) is 4.99 Å². The van der Waals surface area contributed by atoms with Gasteiger partial charge in [0.15, 0.2) is 0 Å². The summed E-state index contributed by atoms with van der Waals surface area (Å²) < 4.78 is 5.05. The van der Waals surface area contributed by atoms with Crippen molar-refractivity contribution in [1.29, 1.82) is 0 Å². The Hall–Kier alpha value is -1.13. The van der Waals surface area contributed by atoms with Crippen LogP contribution in [0.2, 0.25) is 0 Å². The van der Waals surface area contributed by atoms with E-state index in [1.165, 1.54) is 0 Å². The van der Waals surface area contributed by atoms with Crippen LogP contribution >= 0.6 is 12.2 Å². The first-order valence-electron chi connectivity index (χ1n) is 4.79. The third-order valence-electron chi connectivity index (χ3n) is 2.01. The van der Waals surface area contributed by atoms with Crippen LogP contribution in [0.5, 0.6) is 0 Å². The van der Waals surface area contributed by atoms with Crippen LogP contribution in [0.3, 0.4) is 0 Å². The Bertz CT molecular complexity index is 341. The predicted octanol–water partition coefficient (Wildman–Crippen LogP) is 1.77. The zero-order valence-corrected chi connectivity index (χ0v) is 9.80. The van der Waals surface area contributed by atoms with Crippen molar-refractivity contribution in [3.8, 4) is 0 Å². The molecular weight excluding hydrogens is 208 g/mol. The third-order valence-corrected chi connectivity index (χ3v) is 2.23. The lowest BCUT2D eigenvalue weighted by atomic mass is 10.1. The standard InChI is InChI=1S/C11H16N2OS/c1-8(7-14-2)13-10-6-4-3-5-9(10)11(12)15/h3-6,8,13H,7H2,1-2H3,(H2,12,15). The Balaban J connectivity index is 2.79. The largest absolute Gasteiger partial charge is 0.389 e. The van der Waals surface area contributed by atoms with Crippen molar-refractivity contribution in [2.24, 2.45) is 5.73 Å². The van der Waals surface area contributed by atoms with Crippen LogP contribution in [-0.2, 0) is 4.74 Å². The van der Waals surface area contributed by atoms with Crippen LogP contribution in [0.15, 0.2) is 24.3 Å². The number of nitrogens with two attached hydrogens (primary N) is 1. The first-order chi connectivity index (χ1) is 7.15. The van der Waals surface area contributed by atoms with E-state index in [9.17, 15) is 0 Å². The predicted molar refractivity (Wildman–Crippen MR) is 67.3 cm³/mol. The number of nitrogens with one attached hydrogen (secondary N) is 1. The number of hydrogen-bond donors (Lipinski definition) is 2. The quantitative estimate of drug-likeness (QED) is 0.748. The van der Waals surface area contributed by atoms with Crippen molar-refractivity contribution in [1.82, 2.24) is 0 Å². The molecule has 0 aromatic heterocycles. The minimum Gasteiger partial charge on any atom is -0.389 e. The molecule has 0 aliphatic heterocycles. The molecule has 4 heteroatoms. The second-order valence-electron chi connectivity index (χ2n) is 3.41. The lowest BCUT2D eigenvalue weighted by Gasteiger charge is -2.16. The molecule has 0 spiro atoms. The van der Waals surface area contributed by atoms with Gasteiger partial charge in [-0.15, -0.1) is 0 Å². The molecule has 0 fully saturated rings. The van der Waals surface area contributed by atoms with Gasteiger partial charge in [0.05, 0.1) is 6.61 Å². The normalized spacial score (nSPS) is 12.1. The Morgan fingerprint density at radius 3 is 2.80 bits per heavy atom. The van der Waals surface area contributed by atoms with Crippen molar-refractivity contribution in [3.63, 3.8) is 0 Å². The first kappa shape index (κ1) is 11.9. The van der Waals surface area contributed by atoms with Crippen LogP contribution in [0.25, 0.3) is 0 Å². The maximum Gasteiger partial charge on any atom is 0.106 e. The van der Waals surface area contributed by atoms with Gasteiger partial charge in [0.25, 0.3) is 0 Å². The molecule has 3 N–H and O–H groups in total. The van der Waals surface area contributed by atoms with Gasteiger partial charge in [-0.3, -0.25) is 0 Å². The maximum atomic E-state index is 5.62. The van der Waals surface area contributed by atoms with Gasteiger partial charge in [-0.2, -0.15) is 0 Å². The number of methoxy groups -OCH3 is 1. The third kappa shape index (κ3) is 3.49. The number of benzene rings is 1. The van der Waals surface area contributed by atoms with E-state index in [0.717, 1.165) is 11.3 Å². The zero-order chi connectivity index (χ0) is 11.3. The molecule has 82 valence electrons. The van der Waals surface area contributed by atoms with Crippen LogP contribution in [0.1, 0.15) is 12.5 Å². The topological polar surface area (TPSA) is 47.3 Å². The Morgan fingerprint density at radius 1 is 1.53 bits per heavy atom.